The number of rotatable bonds is 6. The lowest BCUT2D eigenvalue weighted by Gasteiger charge is -2.15. The molecule has 5 nitrogen and oxygen atoms in total. The molecule has 154 valence electrons. The number of nitrogens with one attached hydrogen (secondary N) is 2. The zero-order chi connectivity index (χ0) is 21.0. The van der Waals surface area contributed by atoms with E-state index in [1.165, 1.54) is 30.2 Å². The molecule has 0 saturated heterocycles. The monoisotopic (exact) mass is 432 g/mol. The van der Waals surface area contributed by atoms with Crippen molar-refractivity contribution in [2.24, 2.45) is 0 Å². The lowest BCUT2D eigenvalue weighted by Crippen LogP contribution is -2.26. The molecule has 1 aliphatic carbocycles. The molecule has 0 unspecified atom stereocenters. The van der Waals surface area contributed by atoms with Gasteiger partial charge in [-0.3, -0.25) is 9.52 Å². The van der Waals surface area contributed by atoms with Crippen molar-refractivity contribution < 1.29 is 13.2 Å². The molecule has 2 aromatic carbocycles. The molecule has 1 amide bonds. The molecule has 0 radical (unpaired) electrons. The van der Waals surface area contributed by atoms with E-state index in [2.05, 4.69) is 16.1 Å². The Morgan fingerprint density at radius 2 is 1.90 bits per heavy atom. The number of aryl methyl sites for hydroxylation is 2. The maximum Gasteiger partial charge on any atom is 0.263 e. The second-order valence-electron chi connectivity index (χ2n) is 7.36. The minimum atomic E-state index is -3.95. The number of anilines is 1. The molecular formula is C22H25ClN2O3S. The number of carbonyl (C=O) groups is 1. The summed E-state index contributed by atoms with van der Waals surface area (Å²) in [7, 11) is -3.95. The largest absolute Gasteiger partial charge is 0.348 e. The fraction of sp³-hybridized carbons (Fsp3) is 0.318. The van der Waals surface area contributed by atoms with Gasteiger partial charge in [-0.05, 0) is 74.9 Å². The second-order valence-corrected chi connectivity index (χ2v) is 9.42. The highest BCUT2D eigenvalue weighted by Gasteiger charge is 2.21. The van der Waals surface area contributed by atoms with Crippen LogP contribution in [0.1, 0.15) is 47.2 Å². The van der Waals surface area contributed by atoms with E-state index in [1.807, 2.05) is 26.0 Å². The summed E-state index contributed by atoms with van der Waals surface area (Å²) in [5, 5.41) is 2.93. The Balaban J connectivity index is 1.81. The molecule has 1 aliphatic rings. The number of hydrogen-bond donors (Lipinski definition) is 2. The Labute approximate surface area is 177 Å². The number of benzene rings is 2. The Bertz CT molecular complexity index is 1060. The summed E-state index contributed by atoms with van der Waals surface area (Å²) >= 11 is 6.16. The van der Waals surface area contributed by atoms with E-state index in [0.29, 0.717) is 12.2 Å². The van der Waals surface area contributed by atoms with Gasteiger partial charge in [-0.25, -0.2) is 8.42 Å². The van der Waals surface area contributed by atoms with Crippen LogP contribution >= 0.6 is 11.6 Å². The number of carbonyl (C=O) groups excluding carboxylic acids is 1. The molecule has 7 heteroatoms. The van der Waals surface area contributed by atoms with Crippen molar-refractivity contribution in [3.63, 3.8) is 0 Å². The van der Waals surface area contributed by atoms with Gasteiger partial charge in [0.15, 0.2) is 0 Å². The van der Waals surface area contributed by atoms with Gasteiger partial charge < -0.3 is 5.32 Å². The van der Waals surface area contributed by atoms with Crippen LogP contribution in [-0.2, 0) is 10.0 Å². The molecule has 0 spiro atoms. The highest BCUT2D eigenvalue weighted by Crippen LogP contribution is 2.27. The summed E-state index contributed by atoms with van der Waals surface area (Å²) in [5.74, 6) is -0.323. The minimum absolute atomic E-state index is 0.0642. The fourth-order valence-electron chi connectivity index (χ4n) is 3.26. The summed E-state index contributed by atoms with van der Waals surface area (Å²) in [6.45, 7) is 4.18. The number of amides is 1. The molecule has 0 bridgehead atoms. The van der Waals surface area contributed by atoms with Crippen LogP contribution in [-0.4, -0.2) is 20.9 Å². The second kappa shape index (κ2) is 9.01. The third-order valence-electron chi connectivity index (χ3n) is 4.98. The number of hydrogen-bond acceptors (Lipinski definition) is 3. The summed E-state index contributed by atoms with van der Waals surface area (Å²) < 4.78 is 28.4. The van der Waals surface area contributed by atoms with Crippen LogP contribution < -0.4 is 10.0 Å². The molecule has 3 rings (SSSR count). The van der Waals surface area contributed by atoms with Crippen LogP contribution in [0.3, 0.4) is 0 Å². The molecule has 0 aliphatic heterocycles. The number of sulfonamides is 1. The van der Waals surface area contributed by atoms with Gasteiger partial charge in [0.2, 0.25) is 0 Å². The van der Waals surface area contributed by atoms with Crippen LogP contribution in [0.5, 0.6) is 0 Å². The highest BCUT2D eigenvalue weighted by molar-refractivity contribution is 7.92. The average molecular weight is 433 g/mol. The predicted octanol–water partition coefficient (Wildman–Crippen LogP) is 4.99. The van der Waals surface area contributed by atoms with Gasteiger partial charge in [0, 0.05) is 12.1 Å². The van der Waals surface area contributed by atoms with Crippen LogP contribution in [0.2, 0.25) is 5.02 Å². The summed E-state index contributed by atoms with van der Waals surface area (Å²) in [4.78, 5) is 12.4. The SMILES string of the molecule is Cc1ccc(C)c(NS(=O)(=O)c2cc(C(=O)NCC3=CCCCC3)ccc2Cl)c1. The Kier molecular flexibility index (Phi) is 6.65. The minimum Gasteiger partial charge on any atom is -0.348 e. The molecule has 0 aromatic heterocycles. The summed E-state index contributed by atoms with van der Waals surface area (Å²) in [6.07, 6.45) is 6.51. The maximum atomic E-state index is 12.9. The number of allylic oxidation sites excluding steroid dienone is 1. The lowest BCUT2D eigenvalue weighted by atomic mass is 9.99. The Morgan fingerprint density at radius 1 is 1.10 bits per heavy atom. The van der Waals surface area contributed by atoms with Gasteiger partial charge >= 0.3 is 0 Å². The van der Waals surface area contributed by atoms with E-state index < -0.39 is 10.0 Å². The predicted molar refractivity (Wildman–Crippen MR) is 117 cm³/mol. The van der Waals surface area contributed by atoms with Crippen LogP contribution in [0.25, 0.3) is 0 Å². The van der Waals surface area contributed by atoms with Crippen molar-refractivity contribution in [2.45, 2.75) is 44.4 Å². The summed E-state index contributed by atoms with van der Waals surface area (Å²) in [6, 6.07) is 9.80. The lowest BCUT2D eigenvalue weighted by molar-refractivity contribution is 0.0956. The molecule has 0 saturated carbocycles. The van der Waals surface area contributed by atoms with E-state index in [1.54, 1.807) is 6.07 Å². The smallest absolute Gasteiger partial charge is 0.263 e. The third-order valence-corrected chi connectivity index (χ3v) is 6.83. The maximum absolute atomic E-state index is 12.9. The Hall–Kier alpha value is -2.31. The van der Waals surface area contributed by atoms with Gasteiger partial charge in [0.25, 0.3) is 15.9 Å². The van der Waals surface area contributed by atoms with Gasteiger partial charge in [0.05, 0.1) is 10.7 Å². The van der Waals surface area contributed by atoms with Crippen LogP contribution in [0.4, 0.5) is 5.69 Å². The van der Waals surface area contributed by atoms with Crippen molar-refractivity contribution in [2.75, 3.05) is 11.3 Å². The zero-order valence-electron chi connectivity index (χ0n) is 16.6. The van der Waals surface area contributed by atoms with Crippen LogP contribution in [0, 0.1) is 13.8 Å². The molecule has 2 aromatic rings. The van der Waals surface area contributed by atoms with Crippen molar-refractivity contribution >= 4 is 33.2 Å². The van der Waals surface area contributed by atoms with Crippen molar-refractivity contribution in [3.8, 4) is 0 Å². The summed E-state index contributed by atoms with van der Waals surface area (Å²) in [5.41, 5.74) is 3.68. The molecule has 29 heavy (non-hydrogen) atoms. The normalized spacial score (nSPS) is 14.2. The first-order valence-corrected chi connectivity index (χ1v) is 11.5. The first-order chi connectivity index (χ1) is 13.8. The van der Waals surface area contributed by atoms with E-state index in [-0.39, 0.29) is 21.4 Å². The van der Waals surface area contributed by atoms with E-state index >= 15 is 0 Å². The van der Waals surface area contributed by atoms with Crippen molar-refractivity contribution in [1.82, 2.24) is 5.32 Å². The van der Waals surface area contributed by atoms with Gasteiger partial charge in [-0.15, -0.1) is 0 Å². The average Bonchev–Trinajstić information content (AvgIpc) is 2.69. The van der Waals surface area contributed by atoms with Crippen LogP contribution in [0.15, 0.2) is 52.9 Å². The molecule has 0 fully saturated rings. The van der Waals surface area contributed by atoms with Gasteiger partial charge in [0.1, 0.15) is 4.90 Å². The van der Waals surface area contributed by atoms with E-state index in [4.69, 9.17) is 11.6 Å². The van der Waals surface area contributed by atoms with Crippen molar-refractivity contribution in [1.29, 1.82) is 0 Å². The standard InChI is InChI=1S/C22H25ClN2O3S/c1-15-8-9-16(2)20(12-15)25-29(27,28)21-13-18(10-11-19(21)23)22(26)24-14-17-6-4-3-5-7-17/h6,8-13,25H,3-5,7,14H2,1-2H3,(H,24,26). The van der Waals surface area contributed by atoms with Crippen molar-refractivity contribution in [3.05, 3.63) is 69.8 Å². The van der Waals surface area contributed by atoms with E-state index in [0.717, 1.165) is 30.4 Å². The molecule has 0 atom stereocenters. The molecular weight excluding hydrogens is 408 g/mol. The number of halogens is 1. The topological polar surface area (TPSA) is 75.3 Å². The third kappa shape index (κ3) is 5.40. The first-order valence-electron chi connectivity index (χ1n) is 9.62. The Morgan fingerprint density at radius 3 is 2.62 bits per heavy atom. The molecule has 2 N–H and O–H groups in total. The quantitative estimate of drug-likeness (QED) is 0.631. The molecule has 0 heterocycles. The first kappa shape index (κ1) is 21.4. The van der Waals surface area contributed by atoms with Gasteiger partial charge in [-0.1, -0.05) is 35.4 Å². The fourth-order valence-corrected chi connectivity index (χ4v) is 4.91. The highest BCUT2D eigenvalue weighted by atomic mass is 35.5. The van der Waals surface area contributed by atoms with Gasteiger partial charge in [-0.2, -0.15) is 0 Å². The van der Waals surface area contributed by atoms with E-state index in [9.17, 15) is 13.2 Å². The zero-order valence-corrected chi connectivity index (χ0v) is 18.2.